The summed E-state index contributed by atoms with van der Waals surface area (Å²) in [5.41, 5.74) is 2.19. The van der Waals surface area contributed by atoms with Gasteiger partial charge in [-0.2, -0.15) is 0 Å². The van der Waals surface area contributed by atoms with Crippen LogP contribution in [0.15, 0.2) is 36.4 Å². The third-order valence-electron chi connectivity index (χ3n) is 12.0. The van der Waals surface area contributed by atoms with Gasteiger partial charge in [-0.1, -0.05) is 26.7 Å². The molecular formula is C43H57F4N9O4. The van der Waals surface area contributed by atoms with Crippen molar-refractivity contribution >= 4 is 45.6 Å². The van der Waals surface area contributed by atoms with Crippen LogP contribution in [0.1, 0.15) is 71.8 Å². The summed E-state index contributed by atoms with van der Waals surface area (Å²) >= 11 is 0. The smallest absolute Gasteiger partial charge is 0.245 e. The zero-order chi connectivity index (χ0) is 43.4. The van der Waals surface area contributed by atoms with Crippen LogP contribution in [0.25, 0.3) is 33.5 Å². The number of fused-ring (bicyclic) bond motifs is 2. The maximum absolute atomic E-state index is 15.4. The van der Waals surface area contributed by atoms with E-state index >= 15 is 8.78 Å². The number of nitrogens with one attached hydrogen (secondary N) is 5. The number of hydrogen-bond donors (Lipinski definition) is 5. The van der Waals surface area contributed by atoms with Crippen LogP contribution in [-0.2, 0) is 32.1 Å². The second kappa shape index (κ2) is 19.1. The lowest BCUT2D eigenvalue weighted by molar-refractivity contribution is -0.138. The van der Waals surface area contributed by atoms with Gasteiger partial charge < -0.3 is 40.6 Å². The maximum Gasteiger partial charge on any atom is 0.245 e. The summed E-state index contributed by atoms with van der Waals surface area (Å²) in [6.45, 7) is 6.82. The molecule has 0 spiro atoms. The Kier molecular flexibility index (Phi) is 14.2. The highest BCUT2D eigenvalue weighted by Gasteiger charge is 2.41. The standard InChI is InChI=1S/C43H57F4N9O4/c1-7-9-33(52-40(57)23(3)48-5)42(59)54-20-27(46)15-29(54)19-32-31-13-11-25(44)17-35(31)50-38(32)39-51-36-18-26(45)12-14-37(36)56(39)22-30-16-28(47)21-55(30)43(60)34(10-8-2)53-41(58)24(4)49-6/h11-14,17-18,23-24,27-30,33-34,48-50H,7-10,15-16,19-22H2,1-6H3,(H,52,57)(H,53,58). The molecule has 4 heterocycles. The molecule has 2 aromatic carbocycles. The summed E-state index contributed by atoms with van der Waals surface area (Å²) in [7, 11) is 3.27. The van der Waals surface area contributed by atoms with E-state index in [1.54, 1.807) is 44.6 Å². The highest BCUT2D eigenvalue weighted by atomic mass is 19.1. The van der Waals surface area contributed by atoms with Gasteiger partial charge in [-0.15, -0.1) is 0 Å². The van der Waals surface area contributed by atoms with Gasteiger partial charge in [0.15, 0.2) is 5.82 Å². The van der Waals surface area contributed by atoms with Crippen molar-refractivity contribution in [2.24, 2.45) is 0 Å². The third-order valence-corrected chi connectivity index (χ3v) is 12.0. The summed E-state index contributed by atoms with van der Waals surface area (Å²) in [5.74, 6) is -2.30. The molecule has 60 heavy (non-hydrogen) atoms. The normalized spacial score (nSPS) is 21.4. The Hall–Kier alpha value is -5.03. The van der Waals surface area contributed by atoms with Gasteiger partial charge in [0, 0.05) is 42.4 Å². The molecule has 2 aliphatic rings. The van der Waals surface area contributed by atoms with E-state index in [9.17, 15) is 28.0 Å². The molecule has 6 rings (SSSR count). The fourth-order valence-electron chi connectivity index (χ4n) is 8.53. The van der Waals surface area contributed by atoms with Gasteiger partial charge in [0.05, 0.1) is 47.9 Å². The van der Waals surface area contributed by atoms with Gasteiger partial charge in [0.25, 0.3) is 0 Å². The molecule has 5 N–H and O–H groups in total. The van der Waals surface area contributed by atoms with E-state index in [0.29, 0.717) is 59.2 Å². The number of imidazole rings is 1. The molecule has 13 nitrogen and oxygen atoms in total. The van der Waals surface area contributed by atoms with Crippen molar-refractivity contribution in [1.82, 2.24) is 45.6 Å². The van der Waals surface area contributed by atoms with Crippen molar-refractivity contribution in [2.75, 3.05) is 27.2 Å². The van der Waals surface area contributed by atoms with Crippen LogP contribution in [0.3, 0.4) is 0 Å². The van der Waals surface area contributed by atoms with Crippen molar-refractivity contribution in [3.8, 4) is 11.5 Å². The number of aromatic amines is 1. The van der Waals surface area contributed by atoms with Gasteiger partial charge >= 0.3 is 0 Å². The van der Waals surface area contributed by atoms with E-state index in [4.69, 9.17) is 4.98 Å². The number of nitrogens with zero attached hydrogens (tertiary/aromatic N) is 4. The number of benzene rings is 2. The summed E-state index contributed by atoms with van der Waals surface area (Å²) < 4.78 is 62.3. The molecule has 4 aromatic rings. The summed E-state index contributed by atoms with van der Waals surface area (Å²) in [6.07, 6.45) is -0.689. The SMILES string of the molecule is CCCC(NC(=O)C(C)NC)C(=O)N1CC(F)CC1Cc1c(-c2nc3cc(F)ccc3n2CC2CC(F)CN2C(=O)C(CCC)NC(=O)C(C)NC)[nH]c2cc(F)ccc12. The van der Waals surface area contributed by atoms with Crippen LogP contribution in [0.2, 0.25) is 0 Å². The third kappa shape index (κ3) is 9.46. The minimum absolute atomic E-state index is 0.00385. The van der Waals surface area contributed by atoms with Crippen molar-refractivity contribution in [3.05, 3.63) is 53.6 Å². The summed E-state index contributed by atoms with van der Waals surface area (Å²) in [6, 6.07) is 4.10. The minimum Gasteiger partial charge on any atom is -0.352 e. The zero-order valence-corrected chi connectivity index (χ0v) is 35.1. The fraction of sp³-hybridized carbons (Fsp3) is 0.558. The van der Waals surface area contributed by atoms with E-state index in [-0.39, 0.29) is 56.2 Å². The quantitative estimate of drug-likeness (QED) is 0.0969. The molecule has 17 heteroatoms. The molecule has 0 bridgehead atoms. The number of rotatable bonds is 17. The lowest BCUT2D eigenvalue weighted by atomic mass is 9.99. The Bertz CT molecular complexity index is 2040. The maximum atomic E-state index is 15.4. The Morgan fingerprint density at radius 3 is 1.90 bits per heavy atom. The number of carbonyl (C=O) groups is 4. The molecule has 4 amide bonds. The molecule has 2 saturated heterocycles. The van der Waals surface area contributed by atoms with Gasteiger partial charge in [-0.25, -0.2) is 22.5 Å². The monoisotopic (exact) mass is 839 g/mol. The molecular weight excluding hydrogens is 783 g/mol. The molecule has 2 aromatic heterocycles. The predicted molar refractivity (Wildman–Crippen MR) is 221 cm³/mol. The highest BCUT2D eigenvalue weighted by Crippen LogP contribution is 2.37. The van der Waals surface area contributed by atoms with E-state index in [1.807, 2.05) is 13.8 Å². The molecule has 0 aliphatic carbocycles. The average Bonchev–Trinajstić information content (AvgIpc) is 3.98. The van der Waals surface area contributed by atoms with Crippen LogP contribution in [0.4, 0.5) is 17.6 Å². The molecule has 2 aliphatic heterocycles. The topological polar surface area (TPSA) is 156 Å². The Balaban J connectivity index is 1.40. The van der Waals surface area contributed by atoms with Crippen molar-refractivity contribution in [3.63, 3.8) is 0 Å². The lowest BCUT2D eigenvalue weighted by Crippen LogP contribution is -2.53. The van der Waals surface area contributed by atoms with Crippen molar-refractivity contribution < 1.29 is 36.7 Å². The molecule has 0 saturated carbocycles. The Morgan fingerprint density at radius 2 is 1.33 bits per heavy atom. The molecule has 8 unspecified atom stereocenters. The first-order valence-corrected chi connectivity index (χ1v) is 21.0. The Morgan fingerprint density at radius 1 is 0.800 bits per heavy atom. The minimum atomic E-state index is -1.35. The highest BCUT2D eigenvalue weighted by molar-refractivity contribution is 5.93. The predicted octanol–water partition coefficient (Wildman–Crippen LogP) is 4.67. The number of halogens is 4. The largest absolute Gasteiger partial charge is 0.352 e. The number of likely N-dealkylation sites (tertiary alicyclic amines) is 2. The van der Waals surface area contributed by atoms with Crippen LogP contribution < -0.4 is 21.3 Å². The van der Waals surface area contributed by atoms with Gasteiger partial charge in [0.2, 0.25) is 23.6 Å². The van der Waals surface area contributed by atoms with Gasteiger partial charge in [-0.3, -0.25) is 19.2 Å². The number of amides is 4. The molecule has 2 fully saturated rings. The first-order valence-electron chi connectivity index (χ1n) is 21.0. The van der Waals surface area contributed by atoms with Gasteiger partial charge in [-0.05, 0) is 83.1 Å². The number of hydrogen-bond acceptors (Lipinski definition) is 7. The second-order valence-corrected chi connectivity index (χ2v) is 16.2. The number of carbonyl (C=O) groups excluding carboxylic acids is 4. The number of alkyl halides is 2. The van der Waals surface area contributed by atoms with Crippen LogP contribution >= 0.6 is 0 Å². The van der Waals surface area contributed by atoms with Crippen LogP contribution in [-0.4, -0.2) is 124 Å². The average molecular weight is 840 g/mol. The number of likely N-dealkylation sites (N-methyl/N-ethyl adjacent to an activating group) is 2. The van der Waals surface area contributed by atoms with E-state index in [1.165, 1.54) is 34.1 Å². The first kappa shape index (κ1) is 44.5. The molecule has 8 atom stereocenters. The second-order valence-electron chi connectivity index (χ2n) is 16.2. The van der Waals surface area contributed by atoms with E-state index < -0.39 is 72.0 Å². The molecule has 326 valence electrons. The van der Waals surface area contributed by atoms with E-state index in [0.717, 1.165) is 0 Å². The first-order chi connectivity index (χ1) is 28.7. The van der Waals surface area contributed by atoms with Crippen LogP contribution in [0, 0.1) is 11.6 Å². The molecule has 0 radical (unpaired) electrons. The Labute approximate surface area is 347 Å². The van der Waals surface area contributed by atoms with E-state index in [2.05, 4.69) is 26.3 Å². The zero-order valence-electron chi connectivity index (χ0n) is 35.1. The number of aromatic nitrogens is 3. The van der Waals surface area contributed by atoms with Gasteiger partial charge in [0.1, 0.15) is 36.1 Å². The number of H-pyrrole nitrogens is 1. The summed E-state index contributed by atoms with van der Waals surface area (Å²) in [5, 5.41) is 12.0. The van der Waals surface area contributed by atoms with Crippen LogP contribution in [0.5, 0.6) is 0 Å². The van der Waals surface area contributed by atoms with Crippen molar-refractivity contribution in [1.29, 1.82) is 0 Å². The lowest BCUT2D eigenvalue weighted by Gasteiger charge is -2.30. The fourth-order valence-corrected chi connectivity index (χ4v) is 8.53. The van der Waals surface area contributed by atoms with Crippen molar-refractivity contribution in [2.45, 2.75) is 128 Å². The summed E-state index contributed by atoms with van der Waals surface area (Å²) in [4.78, 5) is 65.2.